The average molecular weight is 1030 g/mol. The van der Waals surface area contributed by atoms with Crippen LogP contribution in [-0.2, 0) is 64.8 Å². The van der Waals surface area contributed by atoms with Gasteiger partial charge in [0, 0.05) is 12.8 Å². The third kappa shape index (κ3) is 11.6. The highest BCUT2D eigenvalue weighted by Crippen LogP contribution is 2.61. The molecule has 8 heterocycles. The van der Waals surface area contributed by atoms with Crippen molar-refractivity contribution in [1.29, 1.82) is 0 Å². The number of imidazole rings is 2. The maximum absolute atomic E-state index is 16.1. The Bertz CT molecular complexity index is 2430. The highest BCUT2D eigenvalue weighted by Gasteiger charge is 2.63. The van der Waals surface area contributed by atoms with Crippen molar-refractivity contribution in [3.8, 4) is 11.8 Å². The van der Waals surface area contributed by atoms with Gasteiger partial charge in [-0.2, -0.15) is 19.9 Å². The number of carbonyl (C=O) groups is 2. The van der Waals surface area contributed by atoms with E-state index in [1.54, 1.807) is 41.5 Å². The number of alkyl halides is 2. The molecule has 4 aromatic heterocycles. The van der Waals surface area contributed by atoms with Crippen molar-refractivity contribution in [3.63, 3.8) is 0 Å². The molecule has 0 saturated carbocycles. The van der Waals surface area contributed by atoms with Crippen molar-refractivity contribution < 1.29 is 83.1 Å². The molecule has 4 saturated heterocycles. The normalized spacial score (nSPS) is 30.5. The zero-order valence-corrected chi connectivity index (χ0v) is 41.5. The number of fused-ring (bicyclic) bond motifs is 4. The van der Waals surface area contributed by atoms with Gasteiger partial charge < -0.3 is 39.9 Å². The average Bonchev–Trinajstić information content (AvgIpc) is 4.02. The van der Waals surface area contributed by atoms with Gasteiger partial charge in [0.2, 0.25) is 23.7 Å². The van der Waals surface area contributed by atoms with Gasteiger partial charge in [-0.1, -0.05) is 0 Å². The number of halogens is 2. The molecule has 0 amide bonds. The molecule has 70 heavy (non-hydrogen) atoms. The number of carbonyl (C=O) groups excluding carboxylic acids is 2. The van der Waals surface area contributed by atoms with Crippen LogP contribution in [0.4, 0.5) is 20.7 Å². The second kappa shape index (κ2) is 21.5. The quantitative estimate of drug-likeness (QED) is 0.0715. The molecule has 10 atom stereocenters. The van der Waals surface area contributed by atoms with Crippen LogP contribution in [0.3, 0.4) is 0 Å². The van der Waals surface area contributed by atoms with Crippen LogP contribution in [0.2, 0.25) is 0 Å². The molecule has 0 radical (unpaired) electrons. The van der Waals surface area contributed by atoms with E-state index in [1.165, 1.54) is 35.6 Å². The van der Waals surface area contributed by atoms with Crippen molar-refractivity contribution in [2.45, 2.75) is 141 Å². The molecule has 4 N–H and O–H groups in total. The smallest absolute Gasteiger partial charge is 0.475 e. The van der Waals surface area contributed by atoms with Gasteiger partial charge in [0.1, 0.15) is 24.4 Å². The van der Waals surface area contributed by atoms with Gasteiger partial charge in [-0.05, 0) is 68.2 Å². The Morgan fingerprint density at radius 1 is 0.714 bits per heavy atom. The zero-order chi connectivity index (χ0) is 50.8. The van der Waals surface area contributed by atoms with Gasteiger partial charge in [0.25, 0.3) is 0 Å². The predicted molar refractivity (Wildman–Crippen MR) is 238 cm³/mol. The lowest BCUT2D eigenvalue weighted by molar-refractivity contribution is -0.148. The lowest BCUT2D eigenvalue weighted by atomic mass is 9.98. The molecule has 4 fully saturated rings. The van der Waals surface area contributed by atoms with Crippen LogP contribution >= 0.6 is 15.6 Å². The standard InChI is InChI=1S/2C20H29FN5O8P/c2*1-5-29-17-14-16(24-19(22)25-17)26(10-23-14)18-20(4,21)15-12(33-18)9-31-35(28,34-15)30-8-6-7-13(27)32-11(2)3/h2*10-12,15,18H,5-9H2,1-4H3,(H2,22,24,25)/t2*12-,15-,18-,20-,35?/m11/s1. The minimum Gasteiger partial charge on any atom is -0.476 e. The van der Waals surface area contributed by atoms with Crippen LogP contribution in [0.5, 0.6) is 11.8 Å². The van der Waals surface area contributed by atoms with Crippen LogP contribution < -0.4 is 20.9 Å². The fourth-order valence-corrected chi connectivity index (χ4v) is 10.9. The molecule has 4 aliphatic rings. The number of nitrogens with two attached hydrogens (primary N) is 2. The molecule has 388 valence electrons. The van der Waals surface area contributed by atoms with Crippen LogP contribution in [0, 0.1) is 0 Å². The number of phosphoric ester groups is 2. The first kappa shape index (κ1) is 53.0. The van der Waals surface area contributed by atoms with Gasteiger partial charge in [-0.25, -0.2) is 27.9 Å². The summed E-state index contributed by atoms with van der Waals surface area (Å²) in [5.41, 5.74) is 8.25. The molecule has 8 rings (SSSR count). The summed E-state index contributed by atoms with van der Waals surface area (Å²) in [6.07, 6.45) is -3.94. The van der Waals surface area contributed by atoms with Crippen LogP contribution in [0.15, 0.2) is 12.7 Å². The summed E-state index contributed by atoms with van der Waals surface area (Å²) < 4.78 is 126. The van der Waals surface area contributed by atoms with E-state index < -0.39 is 75.8 Å². The molecular weight excluding hydrogens is 976 g/mol. The fraction of sp³-hybridized carbons (Fsp3) is 0.700. The molecule has 4 aliphatic heterocycles. The predicted octanol–water partition coefficient (Wildman–Crippen LogP) is 5.41. The van der Waals surface area contributed by atoms with Gasteiger partial charge in [0.15, 0.2) is 46.1 Å². The lowest BCUT2D eigenvalue weighted by Crippen LogP contribution is -2.44. The number of nitrogens with zero attached hydrogens (tertiary/aromatic N) is 8. The van der Waals surface area contributed by atoms with E-state index in [9.17, 15) is 18.7 Å². The Hall–Kier alpha value is -4.76. The largest absolute Gasteiger partial charge is 0.476 e. The van der Waals surface area contributed by atoms with Gasteiger partial charge in [-0.3, -0.25) is 45.9 Å². The topological polar surface area (TPSA) is 318 Å². The first-order valence-electron chi connectivity index (χ1n) is 22.6. The van der Waals surface area contributed by atoms with Crippen molar-refractivity contribution in [2.24, 2.45) is 0 Å². The summed E-state index contributed by atoms with van der Waals surface area (Å²) >= 11 is 0. The highest BCUT2D eigenvalue weighted by atomic mass is 31.2. The zero-order valence-electron chi connectivity index (χ0n) is 39.8. The minimum atomic E-state index is -4.09. The monoisotopic (exact) mass is 1030 g/mol. The number of nitrogen functional groups attached to an aromatic ring is 2. The van der Waals surface area contributed by atoms with Gasteiger partial charge in [0.05, 0.1) is 64.5 Å². The Balaban J connectivity index is 0.000000206. The van der Waals surface area contributed by atoms with Gasteiger partial charge >= 0.3 is 27.6 Å². The van der Waals surface area contributed by atoms with Gasteiger partial charge in [-0.15, -0.1) is 0 Å². The molecule has 0 spiro atoms. The number of anilines is 2. The fourth-order valence-electron chi connectivity index (χ4n) is 7.88. The molecule has 30 heteroatoms. The first-order valence-corrected chi connectivity index (χ1v) is 25.5. The lowest BCUT2D eigenvalue weighted by Gasteiger charge is -2.33. The highest BCUT2D eigenvalue weighted by molar-refractivity contribution is 7.48. The number of phosphoric acid groups is 2. The second-order valence-electron chi connectivity index (χ2n) is 17.1. The molecule has 0 aliphatic carbocycles. The third-order valence-electron chi connectivity index (χ3n) is 10.8. The summed E-state index contributed by atoms with van der Waals surface area (Å²) in [4.78, 5) is 48.1. The number of rotatable bonds is 18. The maximum Gasteiger partial charge on any atom is 0.475 e. The number of aromatic nitrogens is 8. The third-order valence-corrected chi connectivity index (χ3v) is 13.7. The number of hydrogen-bond donors (Lipinski definition) is 2. The van der Waals surface area contributed by atoms with E-state index >= 15 is 8.78 Å². The van der Waals surface area contributed by atoms with E-state index in [0.29, 0.717) is 13.2 Å². The minimum absolute atomic E-state index is 0.0681. The van der Waals surface area contributed by atoms with Crippen LogP contribution in [-0.4, -0.2) is 139 Å². The molecule has 2 unspecified atom stereocenters. The molecule has 4 aromatic rings. The maximum atomic E-state index is 16.1. The second-order valence-corrected chi connectivity index (χ2v) is 20.4. The summed E-state index contributed by atoms with van der Waals surface area (Å²) in [5, 5.41) is 0. The van der Waals surface area contributed by atoms with E-state index in [4.69, 9.17) is 67.0 Å². The van der Waals surface area contributed by atoms with Crippen LogP contribution in [0.1, 0.15) is 93.5 Å². The summed E-state index contributed by atoms with van der Waals surface area (Å²) in [7, 11) is -8.18. The summed E-state index contributed by atoms with van der Waals surface area (Å²) in [6, 6.07) is 0. The number of hydrogen-bond acceptors (Lipinski definition) is 24. The molecule has 0 bridgehead atoms. The van der Waals surface area contributed by atoms with Crippen molar-refractivity contribution in [1.82, 2.24) is 39.0 Å². The Kier molecular flexibility index (Phi) is 16.3. The molecule has 0 aromatic carbocycles. The number of esters is 2. The van der Waals surface area contributed by atoms with Crippen molar-refractivity contribution in [2.75, 3.05) is 51.1 Å². The summed E-state index contributed by atoms with van der Waals surface area (Å²) in [6.45, 7) is 13.0. The Morgan fingerprint density at radius 3 is 1.46 bits per heavy atom. The van der Waals surface area contributed by atoms with E-state index in [1.807, 2.05) is 0 Å². The Morgan fingerprint density at radius 2 is 1.10 bits per heavy atom. The van der Waals surface area contributed by atoms with Crippen LogP contribution in [0.25, 0.3) is 22.3 Å². The van der Waals surface area contributed by atoms with Crippen molar-refractivity contribution in [3.05, 3.63) is 12.7 Å². The summed E-state index contributed by atoms with van der Waals surface area (Å²) in [5.74, 6) is -0.624. The molecular formula is C40H58F2N10O16P2. The van der Waals surface area contributed by atoms with E-state index in [-0.39, 0.29) is 110 Å². The van der Waals surface area contributed by atoms with E-state index in [2.05, 4.69) is 29.9 Å². The SMILES string of the molecule is CCOc1nc(N)nc2c1ncn2[C@@H]1O[C@@H]2COP(=O)(OCCCC(=O)OC(C)C)O[C@H]2[C@@]1(C)F.CCOc1nc(N)nc2c1ncn2[C@@H]1O[C@@H]2COP(=O)(OCCCC(=O)OC(C)C)O[C@H]2[C@@]1(C)F. The number of ether oxygens (including phenoxy) is 6. The molecule has 26 nitrogen and oxygen atoms in total. The van der Waals surface area contributed by atoms with E-state index in [0.717, 1.165) is 0 Å². The van der Waals surface area contributed by atoms with Crippen molar-refractivity contribution >= 4 is 61.8 Å². The first-order chi connectivity index (χ1) is 33.1. The Labute approximate surface area is 400 Å².